The fourth-order valence-corrected chi connectivity index (χ4v) is 5.30. The van der Waals surface area contributed by atoms with Gasteiger partial charge in [0.15, 0.2) is 5.16 Å². The van der Waals surface area contributed by atoms with Crippen LogP contribution >= 0.6 is 23.1 Å². The maximum Gasteiger partial charge on any atom is 0.272 e. The molecule has 0 spiro atoms. The van der Waals surface area contributed by atoms with Crippen LogP contribution in [0, 0.1) is 0 Å². The van der Waals surface area contributed by atoms with Gasteiger partial charge in [-0.3, -0.25) is 13.8 Å². The van der Waals surface area contributed by atoms with E-state index in [2.05, 4.69) is 28.4 Å². The van der Waals surface area contributed by atoms with Gasteiger partial charge in [0.25, 0.3) is 5.56 Å². The highest BCUT2D eigenvalue weighted by atomic mass is 32.2. The molecule has 0 bridgehead atoms. The first kappa shape index (κ1) is 19.8. The summed E-state index contributed by atoms with van der Waals surface area (Å²) in [5.74, 6) is 2.14. The fourth-order valence-electron chi connectivity index (χ4n) is 3.59. The van der Waals surface area contributed by atoms with E-state index in [0.717, 1.165) is 38.9 Å². The number of ether oxygens (including phenoxy) is 1. The predicted octanol–water partition coefficient (Wildman–Crippen LogP) is 4.65. The highest BCUT2D eigenvalue weighted by molar-refractivity contribution is 7.98. The summed E-state index contributed by atoms with van der Waals surface area (Å²) in [4.78, 5) is 13.2. The van der Waals surface area contributed by atoms with Crippen LogP contribution in [0.2, 0.25) is 0 Å². The largest absolute Gasteiger partial charge is 0.497 e. The van der Waals surface area contributed by atoms with Crippen molar-refractivity contribution in [3.05, 3.63) is 87.5 Å². The molecule has 0 amide bonds. The minimum atomic E-state index is -0.00910. The molecule has 0 fully saturated rings. The number of fused-ring (bicyclic) bond motifs is 3. The molecule has 0 saturated carbocycles. The van der Waals surface area contributed by atoms with Gasteiger partial charge in [-0.2, -0.15) is 0 Å². The first-order chi connectivity index (χ1) is 15.2. The van der Waals surface area contributed by atoms with Crippen LogP contribution in [0.25, 0.3) is 16.0 Å². The van der Waals surface area contributed by atoms with Crippen LogP contribution in [0.1, 0.15) is 11.1 Å². The molecule has 5 aromatic rings. The Balaban J connectivity index is 1.52. The third kappa shape index (κ3) is 3.84. The van der Waals surface area contributed by atoms with Crippen LogP contribution < -0.4 is 10.3 Å². The average molecular weight is 449 g/mol. The van der Waals surface area contributed by atoms with E-state index in [-0.39, 0.29) is 5.56 Å². The van der Waals surface area contributed by atoms with Crippen LogP contribution in [0.3, 0.4) is 0 Å². The molecule has 8 heteroatoms. The molecule has 6 nitrogen and oxygen atoms in total. The first-order valence-electron chi connectivity index (χ1n) is 9.89. The molecule has 0 unspecified atom stereocenters. The van der Waals surface area contributed by atoms with Gasteiger partial charge in [0.05, 0.1) is 12.6 Å². The molecule has 0 saturated heterocycles. The zero-order valence-corrected chi connectivity index (χ0v) is 18.5. The second-order valence-corrected chi connectivity index (χ2v) is 8.94. The lowest BCUT2D eigenvalue weighted by Crippen LogP contribution is -2.23. The van der Waals surface area contributed by atoms with Crippen LogP contribution in [-0.2, 0) is 18.7 Å². The Morgan fingerprint density at radius 3 is 2.71 bits per heavy atom. The number of hydrogen-bond acceptors (Lipinski definition) is 6. The lowest BCUT2D eigenvalue weighted by molar-refractivity contribution is 0.414. The van der Waals surface area contributed by atoms with Crippen molar-refractivity contribution in [2.75, 3.05) is 7.11 Å². The number of thiophene rings is 1. The molecule has 5 rings (SSSR count). The quantitative estimate of drug-likeness (QED) is 0.339. The smallest absolute Gasteiger partial charge is 0.272 e. The molecule has 2 aromatic carbocycles. The molecule has 0 aliphatic rings. The number of aryl methyl sites for hydroxylation is 2. The molecule has 3 heterocycles. The fraction of sp³-hybridized carbons (Fsp3) is 0.174. The molecule has 0 aliphatic carbocycles. The Morgan fingerprint density at radius 2 is 1.87 bits per heavy atom. The van der Waals surface area contributed by atoms with E-state index in [1.807, 2.05) is 52.2 Å². The van der Waals surface area contributed by atoms with Gasteiger partial charge in [-0.1, -0.05) is 54.2 Å². The van der Waals surface area contributed by atoms with Crippen molar-refractivity contribution in [3.8, 4) is 5.75 Å². The summed E-state index contributed by atoms with van der Waals surface area (Å²) in [5.41, 5.74) is 3.18. The summed E-state index contributed by atoms with van der Waals surface area (Å²) in [7, 11) is 1.67. The molecule has 3 aromatic heterocycles. The van der Waals surface area contributed by atoms with Gasteiger partial charge in [-0.05, 0) is 41.1 Å². The summed E-state index contributed by atoms with van der Waals surface area (Å²) >= 11 is 3.06. The van der Waals surface area contributed by atoms with Crippen molar-refractivity contribution in [3.63, 3.8) is 0 Å². The summed E-state index contributed by atoms with van der Waals surface area (Å²) in [6, 6.07) is 20.1. The minimum Gasteiger partial charge on any atom is -0.497 e. The Bertz CT molecular complexity index is 1410. The van der Waals surface area contributed by atoms with E-state index in [0.29, 0.717) is 12.3 Å². The van der Waals surface area contributed by atoms with Crippen molar-refractivity contribution in [1.82, 2.24) is 19.2 Å². The number of nitrogens with zero attached hydrogens (tertiary/aromatic N) is 4. The lowest BCUT2D eigenvalue weighted by atomic mass is 10.1. The lowest BCUT2D eigenvalue weighted by Gasteiger charge is -2.09. The zero-order chi connectivity index (χ0) is 21.2. The normalized spacial score (nSPS) is 11.4. The van der Waals surface area contributed by atoms with Crippen molar-refractivity contribution in [2.24, 2.45) is 0 Å². The van der Waals surface area contributed by atoms with E-state index in [4.69, 9.17) is 4.74 Å². The number of aromatic nitrogens is 4. The van der Waals surface area contributed by atoms with Crippen LogP contribution in [-0.4, -0.2) is 26.3 Å². The number of hydrogen-bond donors (Lipinski definition) is 0. The monoisotopic (exact) mass is 448 g/mol. The van der Waals surface area contributed by atoms with E-state index in [1.165, 1.54) is 16.9 Å². The molecular weight excluding hydrogens is 428 g/mol. The van der Waals surface area contributed by atoms with Crippen LogP contribution in [0.5, 0.6) is 5.75 Å². The highest BCUT2D eigenvalue weighted by Gasteiger charge is 2.18. The van der Waals surface area contributed by atoms with Gasteiger partial charge in [0.2, 0.25) is 5.78 Å². The predicted molar refractivity (Wildman–Crippen MR) is 125 cm³/mol. The van der Waals surface area contributed by atoms with E-state index in [1.54, 1.807) is 23.4 Å². The van der Waals surface area contributed by atoms with Gasteiger partial charge in [0.1, 0.15) is 10.4 Å². The van der Waals surface area contributed by atoms with Crippen molar-refractivity contribution in [2.45, 2.75) is 23.9 Å². The summed E-state index contributed by atoms with van der Waals surface area (Å²) in [5, 5.41) is 11.6. The van der Waals surface area contributed by atoms with Gasteiger partial charge in [-0.25, -0.2) is 0 Å². The SMILES string of the molecule is COc1cccc(CSc2nnc3n(CCc4ccccc4)c(=O)c4sccc4n23)c1. The summed E-state index contributed by atoms with van der Waals surface area (Å²) in [6.07, 6.45) is 0.756. The van der Waals surface area contributed by atoms with Gasteiger partial charge in [0, 0.05) is 12.3 Å². The van der Waals surface area contributed by atoms with Gasteiger partial charge >= 0.3 is 0 Å². The molecule has 0 N–H and O–H groups in total. The van der Waals surface area contributed by atoms with Gasteiger partial charge in [-0.15, -0.1) is 21.5 Å². The second kappa shape index (κ2) is 8.56. The number of rotatable bonds is 7. The van der Waals surface area contributed by atoms with Crippen molar-refractivity contribution >= 4 is 39.1 Å². The molecule has 156 valence electrons. The molecule has 0 atom stereocenters. The molecule has 0 aliphatic heterocycles. The van der Waals surface area contributed by atoms with Crippen LogP contribution in [0.15, 0.2) is 76.0 Å². The van der Waals surface area contributed by atoms with E-state index in [9.17, 15) is 4.79 Å². The topological polar surface area (TPSA) is 61.4 Å². The number of methoxy groups -OCH3 is 1. The van der Waals surface area contributed by atoms with Crippen LogP contribution in [0.4, 0.5) is 0 Å². The number of thioether (sulfide) groups is 1. The maximum atomic E-state index is 13.2. The third-order valence-corrected chi connectivity index (χ3v) is 7.04. The summed E-state index contributed by atoms with van der Waals surface area (Å²) in [6.45, 7) is 0.554. The Labute approximate surface area is 187 Å². The van der Waals surface area contributed by atoms with Gasteiger partial charge < -0.3 is 4.74 Å². The number of benzene rings is 2. The molecule has 0 radical (unpaired) electrons. The Kier molecular flexibility index (Phi) is 5.48. The summed E-state index contributed by atoms with van der Waals surface area (Å²) < 4.78 is 9.80. The van der Waals surface area contributed by atoms with E-state index >= 15 is 0 Å². The third-order valence-electron chi connectivity index (χ3n) is 5.15. The Morgan fingerprint density at radius 1 is 1.03 bits per heavy atom. The first-order valence-corrected chi connectivity index (χ1v) is 11.8. The Hall–Kier alpha value is -3.10. The maximum absolute atomic E-state index is 13.2. The molecular formula is C23H20N4O2S2. The van der Waals surface area contributed by atoms with Crippen molar-refractivity contribution < 1.29 is 4.74 Å². The van der Waals surface area contributed by atoms with Crippen molar-refractivity contribution in [1.29, 1.82) is 0 Å². The van der Waals surface area contributed by atoms with E-state index < -0.39 is 0 Å². The zero-order valence-electron chi connectivity index (χ0n) is 16.9. The molecule has 31 heavy (non-hydrogen) atoms. The highest BCUT2D eigenvalue weighted by Crippen LogP contribution is 2.27. The second-order valence-electron chi connectivity index (χ2n) is 7.09. The minimum absolute atomic E-state index is 0.00910. The standard InChI is InChI=1S/C23H20N4O2S2/c1-29-18-9-5-8-17(14-18)15-31-23-25-24-22-26(12-10-16-6-3-2-4-7-16)21(28)20-19(27(22)23)11-13-30-20/h2-9,11,13-14H,10,12,15H2,1H3. The average Bonchev–Trinajstić information content (AvgIpc) is 3.46.